The molecular formula is C18H19NO4. The zero-order valence-electron chi connectivity index (χ0n) is 13.1. The molecule has 0 bridgehead atoms. The number of carbonyl (C=O) groups is 2. The van der Waals surface area contributed by atoms with Crippen LogP contribution < -0.4 is 10.1 Å². The molecule has 5 nitrogen and oxygen atoms in total. The van der Waals surface area contributed by atoms with E-state index < -0.39 is 5.97 Å². The molecule has 5 heteroatoms. The highest BCUT2D eigenvalue weighted by Crippen LogP contribution is 2.19. The van der Waals surface area contributed by atoms with Crippen molar-refractivity contribution in [3.05, 3.63) is 59.2 Å². The van der Waals surface area contributed by atoms with Gasteiger partial charge in [-0.05, 0) is 61.4 Å². The van der Waals surface area contributed by atoms with Gasteiger partial charge in [-0.2, -0.15) is 0 Å². The summed E-state index contributed by atoms with van der Waals surface area (Å²) in [6.07, 6.45) is 0.924. The van der Waals surface area contributed by atoms with Crippen molar-refractivity contribution >= 4 is 17.6 Å². The Labute approximate surface area is 134 Å². The molecule has 120 valence electrons. The number of hydrogen-bond donors (Lipinski definition) is 2. The predicted octanol–water partition coefficient (Wildman–Crippen LogP) is 3.73. The van der Waals surface area contributed by atoms with E-state index in [4.69, 9.17) is 9.84 Å². The summed E-state index contributed by atoms with van der Waals surface area (Å²) in [5, 5.41) is 11.7. The van der Waals surface area contributed by atoms with E-state index >= 15 is 0 Å². The van der Waals surface area contributed by atoms with Gasteiger partial charge in [0, 0.05) is 11.3 Å². The number of anilines is 1. The Kier molecular flexibility index (Phi) is 5.36. The van der Waals surface area contributed by atoms with Crippen LogP contribution in [-0.2, 0) is 0 Å². The minimum absolute atomic E-state index is 0.193. The van der Waals surface area contributed by atoms with Gasteiger partial charge < -0.3 is 15.2 Å². The summed E-state index contributed by atoms with van der Waals surface area (Å²) in [7, 11) is 0. The van der Waals surface area contributed by atoms with Crippen LogP contribution in [0.15, 0.2) is 42.5 Å². The summed E-state index contributed by atoms with van der Waals surface area (Å²) < 4.78 is 5.48. The molecule has 0 fully saturated rings. The summed E-state index contributed by atoms with van der Waals surface area (Å²) in [4.78, 5) is 23.2. The van der Waals surface area contributed by atoms with Crippen molar-refractivity contribution in [1.29, 1.82) is 0 Å². The number of ether oxygens (including phenoxy) is 1. The molecule has 0 aliphatic heterocycles. The van der Waals surface area contributed by atoms with Crippen LogP contribution in [0.25, 0.3) is 0 Å². The molecule has 0 spiro atoms. The number of hydrogen-bond acceptors (Lipinski definition) is 3. The van der Waals surface area contributed by atoms with Gasteiger partial charge in [0.1, 0.15) is 5.75 Å². The van der Waals surface area contributed by atoms with Gasteiger partial charge in [0.2, 0.25) is 0 Å². The Morgan fingerprint density at radius 3 is 2.30 bits per heavy atom. The first-order chi connectivity index (χ1) is 11.0. The maximum Gasteiger partial charge on any atom is 0.335 e. The van der Waals surface area contributed by atoms with Crippen LogP contribution in [0, 0.1) is 6.92 Å². The molecule has 0 aromatic heterocycles. The number of benzene rings is 2. The Hall–Kier alpha value is -2.82. The lowest BCUT2D eigenvalue weighted by Crippen LogP contribution is -2.13. The fraction of sp³-hybridized carbons (Fsp3) is 0.222. The minimum atomic E-state index is -0.992. The van der Waals surface area contributed by atoms with Crippen molar-refractivity contribution in [2.24, 2.45) is 0 Å². The highest BCUT2D eigenvalue weighted by molar-refractivity contribution is 6.05. The van der Waals surface area contributed by atoms with Crippen LogP contribution in [0.2, 0.25) is 0 Å². The van der Waals surface area contributed by atoms with Gasteiger partial charge in [-0.15, -0.1) is 0 Å². The van der Waals surface area contributed by atoms with Gasteiger partial charge in [-0.3, -0.25) is 4.79 Å². The van der Waals surface area contributed by atoms with E-state index in [0.717, 1.165) is 12.2 Å². The second kappa shape index (κ2) is 7.45. The average molecular weight is 313 g/mol. The molecule has 0 saturated heterocycles. The van der Waals surface area contributed by atoms with E-state index in [2.05, 4.69) is 5.32 Å². The topological polar surface area (TPSA) is 75.6 Å². The second-order valence-corrected chi connectivity index (χ2v) is 5.16. The Bertz CT molecular complexity index is 707. The van der Waals surface area contributed by atoms with Gasteiger partial charge in [-0.25, -0.2) is 4.79 Å². The van der Waals surface area contributed by atoms with Crippen LogP contribution in [0.3, 0.4) is 0 Å². The van der Waals surface area contributed by atoms with Crippen LogP contribution in [-0.4, -0.2) is 23.6 Å². The summed E-state index contributed by atoms with van der Waals surface area (Å²) in [6, 6.07) is 11.5. The first-order valence-electron chi connectivity index (χ1n) is 7.39. The van der Waals surface area contributed by atoms with Crippen LogP contribution in [0.5, 0.6) is 5.75 Å². The lowest BCUT2D eigenvalue weighted by molar-refractivity contribution is 0.0696. The number of aryl methyl sites for hydroxylation is 1. The Morgan fingerprint density at radius 1 is 1.09 bits per heavy atom. The molecular weight excluding hydrogens is 294 g/mol. The third-order valence-corrected chi connectivity index (χ3v) is 3.31. The summed E-state index contributed by atoms with van der Waals surface area (Å²) in [5.74, 6) is -0.516. The largest absolute Gasteiger partial charge is 0.494 e. The van der Waals surface area contributed by atoms with Crippen molar-refractivity contribution in [1.82, 2.24) is 0 Å². The number of nitrogens with one attached hydrogen (secondary N) is 1. The van der Waals surface area contributed by atoms with Gasteiger partial charge >= 0.3 is 5.97 Å². The molecule has 0 saturated carbocycles. The standard InChI is InChI=1S/C18H19NO4/c1-3-10-23-15-7-4-13(5-8-15)17(20)19-16-9-6-14(18(21)22)11-12(16)2/h4-9,11H,3,10H2,1-2H3,(H,19,20)(H,21,22). The number of carbonyl (C=O) groups excluding carboxylic acids is 1. The van der Waals surface area contributed by atoms with Gasteiger partial charge in [0.15, 0.2) is 0 Å². The van der Waals surface area contributed by atoms with Crippen molar-refractivity contribution in [2.75, 3.05) is 11.9 Å². The molecule has 0 radical (unpaired) electrons. The molecule has 2 aromatic carbocycles. The third-order valence-electron chi connectivity index (χ3n) is 3.31. The fourth-order valence-corrected chi connectivity index (χ4v) is 2.05. The SMILES string of the molecule is CCCOc1ccc(C(=O)Nc2ccc(C(=O)O)cc2C)cc1. The smallest absolute Gasteiger partial charge is 0.335 e. The highest BCUT2D eigenvalue weighted by atomic mass is 16.5. The van der Waals surface area contributed by atoms with Gasteiger partial charge in [0.25, 0.3) is 5.91 Å². The predicted molar refractivity (Wildman–Crippen MR) is 88.3 cm³/mol. The number of aromatic carboxylic acids is 1. The minimum Gasteiger partial charge on any atom is -0.494 e. The zero-order valence-corrected chi connectivity index (χ0v) is 13.1. The number of amides is 1. The van der Waals surface area contributed by atoms with Gasteiger partial charge in [0.05, 0.1) is 12.2 Å². The average Bonchev–Trinajstić information content (AvgIpc) is 2.55. The van der Waals surface area contributed by atoms with Crippen LogP contribution in [0.1, 0.15) is 39.6 Å². The maximum absolute atomic E-state index is 12.2. The van der Waals surface area contributed by atoms with E-state index in [9.17, 15) is 9.59 Å². The molecule has 0 aliphatic rings. The first-order valence-corrected chi connectivity index (χ1v) is 7.39. The quantitative estimate of drug-likeness (QED) is 0.852. The molecule has 0 heterocycles. The van der Waals surface area contributed by atoms with Crippen molar-refractivity contribution in [2.45, 2.75) is 20.3 Å². The number of carboxylic acid groups (broad SMARTS) is 1. The summed E-state index contributed by atoms with van der Waals surface area (Å²) in [5.41, 5.74) is 1.99. The number of carboxylic acids is 1. The van der Waals surface area contributed by atoms with E-state index in [1.165, 1.54) is 12.1 Å². The third kappa shape index (κ3) is 4.32. The van der Waals surface area contributed by atoms with Crippen molar-refractivity contribution in [3.8, 4) is 5.75 Å². The van der Waals surface area contributed by atoms with Gasteiger partial charge in [-0.1, -0.05) is 6.92 Å². The number of rotatable bonds is 6. The molecule has 2 N–H and O–H groups in total. The molecule has 0 aliphatic carbocycles. The molecule has 23 heavy (non-hydrogen) atoms. The Balaban J connectivity index is 2.08. The normalized spacial score (nSPS) is 10.2. The molecule has 0 atom stereocenters. The van der Waals surface area contributed by atoms with E-state index in [0.29, 0.717) is 23.4 Å². The maximum atomic E-state index is 12.2. The van der Waals surface area contributed by atoms with Crippen LogP contribution in [0.4, 0.5) is 5.69 Å². The molecule has 0 unspecified atom stereocenters. The monoisotopic (exact) mass is 313 g/mol. The molecule has 2 aromatic rings. The van der Waals surface area contributed by atoms with Crippen molar-refractivity contribution < 1.29 is 19.4 Å². The first kappa shape index (κ1) is 16.5. The highest BCUT2D eigenvalue weighted by Gasteiger charge is 2.10. The van der Waals surface area contributed by atoms with Crippen LogP contribution >= 0.6 is 0 Å². The fourth-order valence-electron chi connectivity index (χ4n) is 2.05. The summed E-state index contributed by atoms with van der Waals surface area (Å²) in [6.45, 7) is 4.42. The van der Waals surface area contributed by atoms with E-state index in [-0.39, 0.29) is 11.5 Å². The van der Waals surface area contributed by atoms with E-state index in [1.54, 1.807) is 37.3 Å². The second-order valence-electron chi connectivity index (χ2n) is 5.16. The van der Waals surface area contributed by atoms with E-state index in [1.807, 2.05) is 6.92 Å². The summed E-state index contributed by atoms with van der Waals surface area (Å²) >= 11 is 0. The lowest BCUT2D eigenvalue weighted by atomic mass is 10.1. The molecule has 2 rings (SSSR count). The lowest BCUT2D eigenvalue weighted by Gasteiger charge is -2.10. The molecule has 1 amide bonds. The zero-order chi connectivity index (χ0) is 16.8. The Morgan fingerprint density at radius 2 is 1.74 bits per heavy atom. The van der Waals surface area contributed by atoms with Crippen molar-refractivity contribution in [3.63, 3.8) is 0 Å².